The lowest BCUT2D eigenvalue weighted by Gasteiger charge is -2.39. The first-order valence-electron chi connectivity index (χ1n) is 44.9. The average Bonchev–Trinajstić information content (AvgIpc) is 1.45. The number of benzene rings is 20. The fraction of sp³-hybridized carbons (Fsp3) is 0.0476. The summed E-state index contributed by atoms with van der Waals surface area (Å²) in [4.78, 5) is 0. The van der Waals surface area contributed by atoms with E-state index in [-0.39, 0.29) is 0 Å². The molecule has 0 heterocycles. The molecule has 576 valence electrons. The van der Waals surface area contributed by atoms with Gasteiger partial charge in [-0.05, 0) is 267 Å². The zero-order chi connectivity index (χ0) is 81.6. The van der Waals surface area contributed by atoms with Gasteiger partial charge in [-0.2, -0.15) is 0 Å². The highest BCUT2D eigenvalue weighted by molar-refractivity contribution is 6.17. The lowest BCUT2D eigenvalue weighted by molar-refractivity contribution is 0.723. The third kappa shape index (κ3) is 7.01. The monoisotopic (exact) mass is 1580 g/mol. The molecule has 0 aromatic heterocycles. The molecule has 12 aliphatic carbocycles. The summed E-state index contributed by atoms with van der Waals surface area (Å²) >= 11 is 0. The Bertz CT molecular complexity index is 7830. The minimum Gasteiger partial charge on any atom is -0.0619 e. The second-order valence-electron chi connectivity index (χ2n) is 36.8. The highest BCUT2D eigenvalue weighted by Crippen LogP contribution is 2.80. The molecule has 0 unspecified atom stereocenters. The van der Waals surface area contributed by atoms with Crippen molar-refractivity contribution < 1.29 is 0 Å². The predicted octanol–water partition coefficient (Wildman–Crippen LogP) is 29.4. The maximum absolute atomic E-state index is 2.48. The topological polar surface area (TPSA) is 0 Å². The molecular formula is C126H72. The SMILES string of the molecule is c1ccc2c(c1)-c1ccccc1C21c2ccccc2-c2c1c1c(c3c2C2(c4ccccc4-c4ccccc42)c2ccccc2-3)C2(c3ccccc3-c3ccccc32)c2ccccc2-1.c1ccc2c(c1)-c1ccccc1C21c2ccccc2-c2c3c(c4c(c21)-c1ccccc1C41c2ccccc2-c2ccccc21)C1(c2ccccc2-c2ccccc21)c1ccccc1-3. The summed E-state index contributed by atoms with van der Waals surface area (Å²) < 4.78 is 0. The van der Waals surface area contributed by atoms with Crippen LogP contribution in [-0.2, 0) is 32.5 Å². The standard InChI is InChI=1S/2C63H36/c1-10-28-46-37(19-1)38-20-2-11-29-47(38)61(46)52-34-16-7-25-43(52)55-58(61)56-44-26-8-17-35-53(44)62(48-30-12-3-21-39(48)40-22-4-13-31-49(40)62)60(56)57-45-27-9-18-36-54(45)63(59(55)57)50-32-14-5-23-41(50)42-24-6-15-33-51(42)63;1-10-28-46-37(19-1)38-20-2-11-29-47(38)61(46)52-34-16-7-25-43(52)55-56-44-26-8-17-35-53(44)62(48-30-12-3-21-39(48)40-22-4-13-31-49(40)62)59(56)60-57(58(55)61)45-27-9-18-36-54(45)63(60)50-32-14-5-23-41(50)42-24-6-15-33-51(42)63/h2*1-36H. The Morgan fingerprint density at radius 3 is 0.325 bits per heavy atom. The van der Waals surface area contributed by atoms with Crippen LogP contribution in [0, 0.1) is 0 Å². The van der Waals surface area contributed by atoms with Gasteiger partial charge in [-0.1, -0.05) is 437 Å². The van der Waals surface area contributed by atoms with Crippen molar-refractivity contribution >= 4 is 0 Å². The first-order valence-corrected chi connectivity index (χ1v) is 44.9. The molecule has 0 fully saturated rings. The Morgan fingerprint density at radius 1 is 0.0794 bits per heavy atom. The van der Waals surface area contributed by atoms with Crippen LogP contribution in [0.1, 0.15) is 134 Å². The van der Waals surface area contributed by atoms with Crippen LogP contribution in [0.5, 0.6) is 0 Å². The lowest BCUT2D eigenvalue weighted by Crippen LogP contribution is -2.34. The summed E-state index contributed by atoms with van der Waals surface area (Å²) in [5.41, 5.74) is 62.5. The Hall–Kier alpha value is -15.6. The van der Waals surface area contributed by atoms with Crippen LogP contribution in [0.2, 0.25) is 0 Å². The van der Waals surface area contributed by atoms with E-state index in [1.807, 2.05) is 0 Å². The number of hydrogen-bond donors (Lipinski definition) is 0. The molecular weight excluding hydrogens is 1510 g/mol. The van der Waals surface area contributed by atoms with Crippen LogP contribution in [0.4, 0.5) is 0 Å². The maximum Gasteiger partial charge on any atom is 0.0731 e. The maximum atomic E-state index is 2.48. The fourth-order valence-corrected chi connectivity index (χ4v) is 29.1. The van der Waals surface area contributed by atoms with E-state index in [0.717, 1.165) is 0 Å². The van der Waals surface area contributed by atoms with Crippen LogP contribution in [0.15, 0.2) is 437 Å². The Labute approximate surface area is 731 Å². The van der Waals surface area contributed by atoms with Crippen molar-refractivity contribution in [2.24, 2.45) is 0 Å². The normalized spacial score (nSPS) is 16.0. The van der Waals surface area contributed by atoms with Gasteiger partial charge < -0.3 is 0 Å². The van der Waals surface area contributed by atoms with Gasteiger partial charge in [0.25, 0.3) is 0 Å². The van der Waals surface area contributed by atoms with Crippen molar-refractivity contribution in [2.75, 3.05) is 0 Å². The summed E-state index contributed by atoms with van der Waals surface area (Å²) in [6.45, 7) is 0. The van der Waals surface area contributed by atoms with E-state index in [2.05, 4.69) is 437 Å². The summed E-state index contributed by atoms with van der Waals surface area (Å²) in [7, 11) is 0. The van der Waals surface area contributed by atoms with Crippen molar-refractivity contribution in [3.05, 3.63) is 570 Å². The Kier molecular flexibility index (Phi) is 12.2. The predicted molar refractivity (Wildman–Crippen MR) is 511 cm³/mol. The number of fused-ring (bicyclic) bond motifs is 66. The summed E-state index contributed by atoms with van der Waals surface area (Å²) in [5, 5.41) is 0. The second kappa shape index (κ2) is 23.0. The second-order valence-corrected chi connectivity index (χ2v) is 36.8. The van der Waals surface area contributed by atoms with E-state index >= 15 is 0 Å². The van der Waals surface area contributed by atoms with E-state index in [9.17, 15) is 0 Å². The van der Waals surface area contributed by atoms with Gasteiger partial charge in [-0.25, -0.2) is 0 Å². The number of rotatable bonds is 0. The summed E-state index contributed by atoms with van der Waals surface area (Å²) in [6, 6.07) is 169. The molecule has 0 saturated heterocycles. The minimum atomic E-state index is -0.590. The average molecular weight is 1590 g/mol. The molecule has 0 aliphatic heterocycles. The fourth-order valence-electron chi connectivity index (χ4n) is 29.1. The van der Waals surface area contributed by atoms with Crippen LogP contribution < -0.4 is 0 Å². The van der Waals surface area contributed by atoms with Gasteiger partial charge in [0.2, 0.25) is 0 Å². The first kappa shape index (κ1) is 67.0. The first-order chi connectivity index (χ1) is 62.6. The van der Waals surface area contributed by atoms with Gasteiger partial charge in [0.15, 0.2) is 0 Å². The van der Waals surface area contributed by atoms with Gasteiger partial charge in [0.1, 0.15) is 0 Å². The van der Waals surface area contributed by atoms with Crippen LogP contribution in [0.25, 0.3) is 134 Å². The molecule has 0 bridgehead atoms. The van der Waals surface area contributed by atoms with Crippen molar-refractivity contribution in [1.82, 2.24) is 0 Å². The molecule has 6 spiro atoms. The Morgan fingerprint density at radius 2 is 0.167 bits per heavy atom. The molecule has 0 atom stereocenters. The highest BCUT2D eigenvalue weighted by atomic mass is 14.7. The quantitative estimate of drug-likeness (QED) is 0.142. The largest absolute Gasteiger partial charge is 0.0731 e. The van der Waals surface area contributed by atoms with Gasteiger partial charge in [-0.3, -0.25) is 0 Å². The smallest absolute Gasteiger partial charge is 0.0619 e. The van der Waals surface area contributed by atoms with Crippen molar-refractivity contribution in [3.8, 4) is 134 Å². The van der Waals surface area contributed by atoms with Gasteiger partial charge in [0, 0.05) is 0 Å². The Balaban J connectivity index is 0.000000121. The van der Waals surface area contributed by atoms with E-state index in [0.29, 0.717) is 0 Å². The van der Waals surface area contributed by atoms with E-state index in [4.69, 9.17) is 0 Å². The summed E-state index contributed by atoms with van der Waals surface area (Å²) in [5.74, 6) is 0. The van der Waals surface area contributed by atoms with Crippen LogP contribution >= 0.6 is 0 Å². The van der Waals surface area contributed by atoms with E-state index in [1.165, 1.54) is 267 Å². The van der Waals surface area contributed by atoms with E-state index < -0.39 is 32.5 Å². The van der Waals surface area contributed by atoms with E-state index in [1.54, 1.807) is 0 Å². The number of hydrogen-bond acceptors (Lipinski definition) is 0. The van der Waals surface area contributed by atoms with Crippen molar-refractivity contribution in [3.63, 3.8) is 0 Å². The van der Waals surface area contributed by atoms with Gasteiger partial charge in [0.05, 0.1) is 32.5 Å². The van der Waals surface area contributed by atoms with Crippen molar-refractivity contribution in [2.45, 2.75) is 32.5 Å². The third-order valence-corrected chi connectivity index (χ3v) is 32.6. The zero-order valence-corrected chi connectivity index (χ0v) is 68.6. The molecule has 0 saturated carbocycles. The van der Waals surface area contributed by atoms with Crippen LogP contribution in [0.3, 0.4) is 0 Å². The molecule has 12 aliphatic rings. The molecule has 126 heavy (non-hydrogen) atoms. The van der Waals surface area contributed by atoms with Gasteiger partial charge in [-0.15, -0.1) is 0 Å². The molecule has 0 radical (unpaired) electrons. The summed E-state index contributed by atoms with van der Waals surface area (Å²) in [6.07, 6.45) is 0. The van der Waals surface area contributed by atoms with Crippen LogP contribution in [-0.4, -0.2) is 0 Å². The molecule has 0 nitrogen and oxygen atoms in total. The molecule has 0 N–H and O–H groups in total. The lowest BCUT2D eigenvalue weighted by atomic mass is 9.61. The zero-order valence-electron chi connectivity index (χ0n) is 68.6. The molecule has 0 heteroatoms. The molecule has 0 amide bonds. The minimum absolute atomic E-state index is 0.551. The highest BCUT2D eigenvalue weighted by Gasteiger charge is 2.68. The van der Waals surface area contributed by atoms with Gasteiger partial charge >= 0.3 is 0 Å². The third-order valence-electron chi connectivity index (χ3n) is 32.6. The molecule has 32 rings (SSSR count). The molecule has 20 aromatic carbocycles. The molecule has 20 aromatic rings. The van der Waals surface area contributed by atoms with Crippen molar-refractivity contribution in [1.29, 1.82) is 0 Å².